The first-order valence-corrected chi connectivity index (χ1v) is 13.4. The maximum atomic E-state index is 10.9. The first kappa shape index (κ1) is 22.5. The molecule has 5 saturated carbocycles. The molecule has 0 heterocycles. The van der Waals surface area contributed by atoms with E-state index in [0.29, 0.717) is 40.6 Å². The molecule has 0 saturated heterocycles. The van der Waals surface area contributed by atoms with Gasteiger partial charge in [0.2, 0.25) is 0 Å². The number of hydrogen-bond donors (Lipinski definition) is 2. The second kappa shape index (κ2) is 6.84. The SMILES string of the molecule is C=CC1CCC2(CO)CCC3(C)C(CCC4C5(C)CCC(O)C(C)(C)C5CCC43C)C12. The number of allylic oxidation sites excluding steroid dienone is 1. The smallest absolute Gasteiger partial charge is 0.0594 e. The Labute approximate surface area is 191 Å². The highest BCUT2D eigenvalue weighted by Crippen LogP contribution is 2.77. The predicted molar refractivity (Wildman–Crippen MR) is 127 cm³/mol. The van der Waals surface area contributed by atoms with Crippen LogP contribution < -0.4 is 0 Å². The average molecular weight is 429 g/mol. The lowest BCUT2D eigenvalue weighted by molar-refractivity contribution is -0.249. The first-order valence-electron chi connectivity index (χ1n) is 13.4. The summed E-state index contributed by atoms with van der Waals surface area (Å²) >= 11 is 0. The Morgan fingerprint density at radius 3 is 2.23 bits per heavy atom. The predicted octanol–water partition coefficient (Wildman–Crippen LogP) is 6.61. The largest absolute Gasteiger partial charge is 0.396 e. The van der Waals surface area contributed by atoms with Gasteiger partial charge in [0.05, 0.1) is 6.10 Å². The van der Waals surface area contributed by atoms with Crippen LogP contribution in [0.1, 0.15) is 98.8 Å². The van der Waals surface area contributed by atoms with Crippen molar-refractivity contribution in [1.82, 2.24) is 0 Å². The van der Waals surface area contributed by atoms with E-state index in [1.54, 1.807) is 0 Å². The van der Waals surface area contributed by atoms with Crippen LogP contribution in [-0.4, -0.2) is 22.9 Å². The van der Waals surface area contributed by atoms with Gasteiger partial charge in [0.25, 0.3) is 0 Å². The van der Waals surface area contributed by atoms with Crippen molar-refractivity contribution in [1.29, 1.82) is 0 Å². The van der Waals surface area contributed by atoms with E-state index >= 15 is 0 Å². The Hall–Kier alpha value is -0.340. The van der Waals surface area contributed by atoms with Gasteiger partial charge in [-0.1, -0.05) is 40.7 Å². The van der Waals surface area contributed by atoms with Crippen molar-refractivity contribution in [3.8, 4) is 0 Å². The van der Waals surface area contributed by atoms with Gasteiger partial charge in [-0.05, 0) is 121 Å². The van der Waals surface area contributed by atoms with Crippen LogP contribution in [0.15, 0.2) is 12.7 Å². The van der Waals surface area contributed by atoms with E-state index in [2.05, 4.69) is 47.3 Å². The molecule has 0 aromatic carbocycles. The molecule has 5 fully saturated rings. The first-order chi connectivity index (χ1) is 14.5. The number of aliphatic hydroxyl groups is 2. The third-order valence-corrected chi connectivity index (χ3v) is 13.3. The van der Waals surface area contributed by atoms with Crippen molar-refractivity contribution in [2.24, 2.45) is 56.7 Å². The summed E-state index contributed by atoms with van der Waals surface area (Å²) in [6.07, 6.45) is 14.5. The van der Waals surface area contributed by atoms with Gasteiger partial charge in [0.1, 0.15) is 0 Å². The van der Waals surface area contributed by atoms with Gasteiger partial charge in [0, 0.05) is 6.61 Å². The van der Waals surface area contributed by atoms with Crippen molar-refractivity contribution in [3.63, 3.8) is 0 Å². The molecule has 31 heavy (non-hydrogen) atoms. The van der Waals surface area contributed by atoms with Crippen molar-refractivity contribution >= 4 is 0 Å². The van der Waals surface area contributed by atoms with Crippen molar-refractivity contribution in [2.45, 2.75) is 105 Å². The van der Waals surface area contributed by atoms with Crippen molar-refractivity contribution in [2.75, 3.05) is 6.61 Å². The van der Waals surface area contributed by atoms with Gasteiger partial charge in [-0.25, -0.2) is 0 Å². The van der Waals surface area contributed by atoms with Crippen molar-refractivity contribution < 1.29 is 10.2 Å². The van der Waals surface area contributed by atoms with E-state index in [1.807, 2.05) is 0 Å². The number of rotatable bonds is 2. The monoisotopic (exact) mass is 428 g/mol. The third-order valence-electron chi connectivity index (χ3n) is 13.3. The molecule has 0 aliphatic heterocycles. The summed E-state index contributed by atoms with van der Waals surface area (Å²) in [5.74, 6) is 3.34. The summed E-state index contributed by atoms with van der Waals surface area (Å²) in [5.41, 5.74) is 1.27. The molecule has 176 valence electrons. The van der Waals surface area contributed by atoms with Crippen LogP contribution in [0, 0.1) is 56.7 Å². The summed E-state index contributed by atoms with van der Waals surface area (Å²) in [5, 5.41) is 21.4. The summed E-state index contributed by atoms with van der Waals surface area (Å²) < 4.78 is 0. The molecule has 5 aliphatic rings. The van der Waals surface area contributed by atoms with Gasteiger partial charge >= 0.3 is 0 Å². The summed E-state index contributed by atoms with van der Waals surface area (Å²) in [6.45, 7) is 17.3. The number of hydrogen-bond acceptors (Lipinski definition) is 2. The van der Waals surface area contributed by atoms with Gasteiger partial charge in [0.15, 0.2) is 0 Å². The Balaban J connectivity index is 1.54. The zero-order valence-corrected chi connectivity index (χ0v) is 20.9. The Morgan fingerprint density at radius 2 is 1.55 bits per heavy atom. The van der Waals surface area contributed by atoms with Gasteiger partial charge < -0.3 is 10.2 Å². The molecular weight excluding hydrogens is 380 g/mol. The molecule has 5 rings (SSSR count). The highest BCUT2D eigenvalue weighted by Gasteiger charge is 2.70. The minimum Gasteiger partial charge on any atom is -0.396 e. The summed E-state index contributed by atoms with van der Waals surface area (Å²) in [6, 6.07) is 0. The number of aliphatic hydroxyl groups excluding tert-OH is 2. The van der Waals surface area contributed by atoms with Crippen molar-refractivity contribution in [3.05, 3.63) is 12.7 Å². The quantitative estimate of drug-likeness (QED) is 0.486. The Morgan fingerprint density at radius 1 is 0.806 bits per heavy atom. The van der Waals surface area contributed by atoms with Crippen LogP contribution in [0.5, 0.6) is 0 Å². The molecule has 10 unspecified atom stereocenters. The van der Waals surface area contributed by atoms with Crippen LogP contribution in [0.25, 0.3) is 0 Å². The zero-order valence-electron chi connectivity index (χ0n) is 20.9. The molecule has 2 nitrogen and oxygen atoms in total. The standard InChI is InChI=1S/C29H48O2/c1-7-19-10-15-29(18-30)17-16-27(5)20(24(19)29)8-9-22-26(4)13-12-23(31)25(2,3)21(26)11-14-28(22,27)6/h7,19-24,30-31H,1,8-18H2,2-6H3. The van der Waals surface area contributed by atoms with Crippen LogP contribution in [0.3, 0.4) is 0 Å². The maximum absolute atomic E-state index is 10.9. The topological polar surface area (TPSA) is 40.5 Å². The van der Waals surface area contributed by atoms with E-state index in [-0.39, 0.29) is 16.9 Å². The molecule has 0 spiro atoms. The number of fused-ring (bicyclic) bond motifs is 7. The highest BCUT2D eigenvalue weighted by molar-refractivity contribution is 5.20. The molecule has 0 amide bonds. The zero-order chi connectivity index (χ0) is 22.4. The summed E-state index contributed by atoms with van der Waals surface area (Å²) in [4.78, 5) is 0. The van der Waals surface area contributed by atoms with E-state index < -0.39 is 0 Å². The lowest BCUT2D eigenvalue weighted by Gasteiger charge is -2.73. The van der Waals surface area contributed by atoms with E-state index in [1.165, 1.54) is 57.8 Å². The minimum absolute atomic E-state index is 0.0318. The van der Waals surface area contributed by atoms with Crippen LogP contribution in [0.2, 0.25) is 0 Å². The van der Waals surface area contributed by atoms with Gasteiger partial charge in [-0.3, -0.25) is 0 Å². The van der Waals surface area contributed by atoms with Gasteiger partial charge in [-0.15, -0.1) is 6.58 Å². The molecule has 0 bridgehead atoms. The lowest BCUT2D eigenvalue weighted by Crippen LogP contribution is -2.66. The fourth-order valence-corrected chi connectivity index (χ4v) is 11.3. The second-order valence-corrected chi connectivity index (χ2v) is 14.0. The molecule has 2 N–H and O–H groups in total. The van der Waals surface area contributed by atoms with E-state index in [4.69, 9.17) is 0 Å². The molecule has 0 radical (unpaired) electrons. The fraction of sp³-hybridized carbons (Fsp3) is 0.931. The molecule has 5 aliphatic carbocycles. The summed E-state index contributed by atoms with van der Waals surface area (Å²) in [7, 11) is 0. The van der Waals surface area contributed by atoms with Crippen LogP contribution in [-0.2, 0) is 0 Å². The highest BCUT2D eigenvalue weighted by atomic mass is 16.3. The van der Waals surface area contributed by atoms with Gasteiger partial charge in [-0.2, -0.15) is 0 Å². The molecular formula is C29H48O2. The maximum Gasteiger partial charge on any atom is 0.0594 e. The molecule has 0 aromatic heterocycles. The minimum atomic E-state index is -0.145. The Kier molecular flexibility index (Phi) is 4.96. The van der Waals surface area contributed by atoms with E-state index in [9.17, 15) is 10.2 Å². The second-order valence-electron chi connectivity index (χ2n) is 14.0. The molecule has 0 aromatic rings. The van der Waals surface area contributed by atoms with Crippen LogP contribution >= 0.6 is 0 Å². The Bertz CT molecular complexity index is 743. The normalized spacial score (nSPS) is 57.9. The average Bonchev–Trinajstić information content (AvgIpc) is 3.11. The lowest BCUT2D eigenvalue weighted by atomic mass is 9.32. The van der Waals surface area contributed by atoms with Crippen LogP contribution in [0.4, 0.5) is 0 Å². The fourth-order valence-electron chi connectivity index (χ4n) is 11.3. The third kappa shape index (κ3) is 2.59. The molecule has 2 heteroatoms. The van der Waals surface area contributed by atoms with E-state index in [0.717, 1.165) is 18.3 Å². The molecule has 10 atom stereocenters.